The standard InChI is InChI=1S/C20H30N2O/c1-3-10-22(2)18-12-14-11-17-15-6-4-5-7-20(15,8-9-21-17)16(14)13-19(18)23/h12-13,15,17,21,23H,3-11H2,1-2H3/t15-,17+,20+/m0/s1. The number of anilines is 1. The zero-order valence-electron chi connectivity index (χ0n) is 14.6. The molecule has 23 heavy (non-hydrogen) atoms. The fourth-order valence-corrected chi connectivity index (χ4v) is 5.72. The number of phenols is 1. The molecule has 1 saturated carbocycles. The highest BCUT2D eigenvalue weighted by atomic mass is 16.3. The highest BCUT2D eigenvalue weighted by Gasteiger charge is 2.51. The van der Waals surface area contributed by atoms with Crippen molar-refractivity contribution in [1.82, 2.24) is 5.32 Å². The van der Waals surface area contributed by atoms with E-state index in [1.165, 1.54) is 43.2 Å². The Bertz CT molecular complexity index is 596. The third-order valence-electron chi connectivity index (χ3n) is 6.71. The van der Waals surface area contributed by atoms with E-state index in [0.717, 1.165) is 37.5 Å². The van der Waals surface area contributed by atoms with Crippen molar-refractivity contribution in [3.05, 3.63) is 23.3 Å². The van der Waals surface area contributed by atoms with Gasteiger partial charge < -0.3 is 15.3 Å². The van der Waals surface area contributed by atoms with E-state index in [4.69, 9.17) is 0 Å². The molecule has 0 amide bonds. The van der Waals surface area contributed by atoms with Gasteiger partial charge in [-0.05, 0) is 67.8 Å². The summed E-state index contributed by atoms with van der Waals surface area (Å²) in [4.78, 5) is 2.20. The summed E-state index contributed by atoms with van der Waals surface area (Å²) in [6.07, 6.45) is 8.87. The zero-order chi connectivity index (χ0) is 16.0. The van der Waals surface area contributed by atoms with E-state index in [9.17, 15) is 5.11 Å². The lowest BCUT2D eigenvalue weighted by molar-refractivity contribution is 0.0796. The summed E-state index contributed by atoms with van der Waals surface area (Å²) >= 11 is 0. The van der Waals surface area contributed by atoms with Gasteiger partial charge >= 0.3 is 0 Å². The summed E-state index contributed by atoms with van der Waals surface area (Å²) in [7, 11) is 2.09. The van der Waals surface area contributed by atoms with Crippen LogP contribution in [0.5, 0.6) is 5.75 Å². The first kappa shape index (κ1) is 15.3. The van der Waals surface area contributed by atoms with Gasteiger partial charge in [0.2, 0.25) is 0 Å². The van der Waals surface area contributed by atoms with E-state index in [2.05, 4.69) is 36.3 Å². The van der Waals surface area contributed by atoms with Crippen LogP contribution in [0.1, 0.15) is 56.6 Å². The molecule has 3 nitrogen and oxygen atoms in total. The number of phenolic OH excluding ortho intramolecular Hbond substituents is 1. The normalized spacial score (nSPS) is 32.1. The second-order valence-corrected chi connectivity index (χ2v) is 7.94. The van der Waals surface area contributed by atoms with Gasteiger partial charge in [0, 0.05) is 25.0 Å². The predicted octanol–water partition coefficient (Wildman–Crippen LogP) is 3.58. The number of benzene rings is 1. The Morgan fingerprint density at radius 1 is 1.30 bits per heavy atom. The minimum atomic E-state index is 0.334. The van der Waals surface area contributed by atoms with Crippen molar-refractivity contribution in [3.63, 3.8) is 0 Å². The first-order chi connectivity index (χ1) is 11.2. The number of rotatable bonds is 3. The summed E-state index contributed by atoms with van der Waals surface area (Å²) in [6, 6.07) is 5.06. The summed E-state index contributed by atoms with van der Waals surface area (Å²) < 4.78 is 0. The molecule has 3 aliphatic rings. The second-order valence-electron chi connectivity index (χ2n) is 7.94. The summed E-state index contributed by atoms with van der Waals surface area (Å²) in [5.41, 5.74) is 4.30. The summed E-state index contributed by atoms with van der Waals surface area (Å²) in [5, 5.41) is 14.5. The van der Waals surface area contributed by atoms with Crippen molar-refractivity contribution in [2.75, 3.05) is 25.0 Å². The summed E-state index contributed by atoms with van der Waals surface area (Å²) in [5.74, 6) is 1.26. The summed E-state index contributed by atoms with van der Waals surface area (Å²) in [6.45, 7) is 4.31. The Labute approximate surface area is 140 Å². The van der Waals surface area contributed by atoms with Crippen molar-refractivity contribution in [3.8, 4) is 5.75 Å². The average molecular weight is 314 g/mol. The molecule has 2 N–H and O–H groups in total. The average Bonchev–Trinajstić information content (AvgIpc) is 2.55. The molecule has 2 bridgehead atoms. The quantitative estimate of drug-likeness (QED) is 0.895. The van der Waals surface area contributed by atoms with Crippen LogP contribution in [-0.2, 0) is 11.8 Å². The molecule has 0 radical (unpaired) electrons. The van der Waals surface area contributed by atoms with Crippen LogP contribution in [0.3, 0.4) is 0 Å². The minimum Gasteiger partial charge on any atom is -0.506 e. The second kappa shape index (κ2) is 5.70. The number of piperidine rings is 1. The number of fused-ring (bicyclic) bond motifs is 1. The topological polar surface area (TPSA) is 35.5 Å². The largest absolute Gasteiger partial charge is 0.506 e. The molecule has 1 heterocycles. The molecular formula is C20H30N2O. The molecule has 2 fully saturated rings. The van der Waals surface area contributed by atoms with Crippen molar-refractivity contribution in [2.45, 2.75) is 63.3 Å². The Kier molecular flexibility index (Phi) is 3.79. The monoisotopic (exact) mass is 314 g/mol. The maximum atomic E-state index is 10.7. The molecule has 1 aromatic rings. The SMILES string of the molecule is CCCN(C)c1cc2c(cc1O)[C@@]13CCCC[C@H]1[C@@H](C2)NCC3. The van der Waals surface area contributed by atoms with Gasteiger partial charge in [0.15, 0.2) is 0 Å². The van der Waals surface area contributed by atoms with Gasteiger partial charge in [-0.3, -0.25) is 0 Å². The van der Waals surface area contributed by atoms with Crippen LogP contribution in [0.25, 0.3) is 0 Å². The molecular weight excluding hydrogens is 284 g/mol. The molecule has 4 rings (SSSR count). The maximum absolute atomic E-state index is 10.7. The Morgan fingerprint density at radius 2 is 2.17 bits per heavy atom. The van der Waals surface area contributed by atoms with E-state index in [1.54, 1.807) is 0 Å². The molecule has 3 atom stereocenters. The van der Waals surface area contributed by atoms with E-state index < -0.39 is 0 Å². The predicted molar refractivity (Wildman–Crippen MR) is 95.4 cm³/mol. The molecule has 126 valence electrons. The number of aromatic hydroxyl groups is 1. The van der Waals surface area contributed by atoms with Crippen LogP contribution >= 0.6 is 0 Å². The van der Waals surface area contributed by atoms with Gasteiger partial charge in [0.05, 0.1) is 5.69 Å². The van der Waals surface area contributed by atoms with Gasteiger partial charge in [0.1, 0.15) is 5.75 Å². The third kappa shape index (κ3) is 2.27. The number of hydrogen-bond donors (Lipinski definition) is 2. The van der Waals surface area contributed by atoms with Gasteiger partial charge in [-0.25, -0.2) is 0 Å². The minimum absolute atomic E-state index is 0.334. The molecule has 0 unspecified atom stereocenters. The lowest BCUT2D eigenvalue weighted by Gasteiger charge is -2.56. The van der Waals surface area contributed by atoms with Crippen LogP contribution in [0, 0.1) is 5.92 Å². The fraction of sp³-hybridized carbons (Fsp3) is 0.700. The van der Waals surface area contributed by atoms with Gasteiger partial charge in [-0.1, -0.05) is 19.8 Å². The molecule has 3 heteroatoms. The van der Waals surface area contributed by atoms with E-state index in [-0.39, 0.29) is 0 Å². The zero-order valence-corrected chi connectivity index (χ0v) is 14.6. The lowest BCUT2D eigenvalue weighted by Crippen LogP contribution is -2.59. The molecule has 0 aromatic heterocycles. The molecule has 1 saturated heterocycles. The lowest BCUT2D eigenvalue weighted by atomic mass is 9.53. The third-order valence-corrected chi connectivity index (χ3v) is 6.71. The van der Waals surface area contributed by atoms with E-state index in [0.29, 0.717) is 17.2 Å². The smallest absolute Gasteiger partial charge is 0.139 e. The van der Waals surface area contributed by atoms with Crippen molar-refractivity contribution < 1.29 is 5.11 Å². The molecule has 2 aliphatic carbocycles. The Morgan fingerprint density at radius 3 is 3.00 bits per heavy atom. The number of nitrogens with one attached hydrogen (secondary N) is 1. The molecule has 1 aliphatic heterocycles. The Balaban J connectivity index is 1.80. The van der Waals surface area contributed by atoms with Crippen LogP contribution in [0.4, 0.5) is 5.69 Å². The number of hydrogen-bond acceptors (Lipinski definition) is 3. The Hall–Kier alpha value is -1.22. The van der Waals surface area contributed by atoms with Crippen LogP contribution in [-0.4, -0.2) is 31.3 Å². The maximum Gasteiger partial charge on any atom is 0.139 e. The molecule has 1 aromatic carbocycles. The van der Waals surface area contributed by atoms with Crippen LogP contribution in [0.2, 0.25) is 0 Å². The van der Waals surface area contributed by atoms with Crippen molar-refractivity contribution >= 4 is 5.69 Å². The van der Waals surface area contributed by atoms with Gasteiger partial charge in [0.25, 0.3) is 0 Å². The van der Waals surface area contributed by atoms with Gasteiger partial charge in [-0.15, -0.1) is 0 Å². The fourth-order valence-electron chi connectivity index (χ4n) is 5.72. The number of nitrogens with zero attached hydrogens (tertiary/aromatic N) is 1. The van der Waals surface area contributed by atoms with Gasteiger partial charge in [-0.2, -0.15) is 0 Å². The van der Waals surface area contributed by atoms with E-state index in [1.807, 2.05) is 0 Å². The van der Waals surface area contributed by atoms with E-state index >= 15 is 0 Å². The first-order valence-corrected chi connectivity index (χ1v) is 9.46. The first-order valence-electron chi connectivity index (χ1n) is 9.46. The molecule has 0 spiro atoms. The van der Waals surface area contributed by atoms with Crippen molar-refractivity contribution in [1.29, 1.82) is 0 Å². The van der Waals surface area contributed by atoms with Crippen LogP contribution in [0.15, 0.2) is 12.1 Å². The highest BCUT2D eigenvalue weighted by molar-refractivity contribution is 5.63. The van der Waals surface area contributed by atoms with Crippen LogP contribution < -0.4 is 10.2 Å². The highest BCUT2D eigenvalue weighted by Crippen LogP contribution is 2.55. The van der Waals surface area contributed by atoms with Crippen molar-refractivity contribution in [2.24, 2.45) is 5.92 Å².